The van der Waals surface area contributed by atoms with Crippen LogP contribution in [-0.4, -0.2) is 0 Å². The van der Waals surface area contributed by atoms with E-state index in [2.05, 4.69) is 77.9 Å². The van der Waals surface area contributed by atoms with Gasteiger partial charge in [0.05, 0.1) is 0 Å². The average Bonchev–Trinajstić information content (AvgIpc) is 4.28. The van der Waals surface area contributed by atoms with Gasteiger partial charge in [0.25, 0.3) is 0 Å². The van der Waals surface area contributed by atoms with E-state index in [1.54, 1.807) is 22.7 Å². The van der Waals surface area contributed by atoms with E-state index in [9.17, 15) is 0 Å². The standard InChI is InChI=1S/C72H112F2S4/c1-7-11-15-19-23-27-29-33-37-40-44-59(43-39-35-31-25-21-17-13-9-3)51-61-53-70(76-58(61)6)63-55-66(74)64(56-65(63)73)71-54-62(72(78-71)69-50-49-68(77-69)67-48-47-57(5)75-67)52-60(45-41-36-32-26-22-18-14-10-4)46-42-38-34-30-28-24-20-16-12-8-2/h47-50,53-56,59-60H,7-46,51-52H2,1-6H3. The van der Waals surface area contributed by atoms with Crippen LogP contribution >= 0.6 is 45.3 Å². The van der Waals surface area contributed by atoms with Crippen LogP contribution in [0.4, 0.5) is 8.78 Å². The average molecular weight is 1140 g/mol. The minimum atomic E-state index is -0.311. The van der Waals surface area contributed by atoms with E-state index in [1.807, 2.05) is 22.7 Å². The highest BCUT2D eigenvalue weighted by Crippen LogP contribution is 2.47. The molecule has 5 rings (SSSR count). The molecular weight excluding hydrogens is 1030 g/mol. The number of aryl methyl sites for hydroxylation is 2. The largest absolute Gasteiger partial charge is 0.206 e. The van der Waals surface area contributed by atoms with Gasteiger partial charge in [0.15, 0.2) is 0 Å². The summed E-state index contributed by atoms with van der Waals surface area (Å²) in [4.78, 5) is 9.40. The normalized spacial score (nSPS) is 12.6. The molecule has 1 aromatic carbocycles. The summed E-state index contributed by atoms with van der Waals surface area (Å²) in [6.07, 6.45) is 55.9. The van der Waals surface area contributed by atoms with Gasteiger partial charge in [0, 0.05) is 50.1 Å². The van der Waals surface area contributed by atoms with Gasteiger partial charge in [-0.25, -0.2) is 8.78 Å². The summed E-state index contributed by atoms with van der Waals surface area (Å²) >= 11 is 7.05. The first-order chi connectivity index (χ1) is 38.2. The fourth-order valence-electron chi connectivity index (χ4n) is 12.2. The molecule has 0 N–H and O–H groups in total. The molecule has 2 unspecified atom stereocenters. The summed E-state index contributed by atoms with van der Waals surface area (Å²) < 4.78 is 33.7. The van der Waals surface area contributed by atoms with Crippen LogP contribution in [0.3, 0.4) is 0 Å². The topological polar surface area (TPSA) is 0 Å². The van der Waals surface area contributed by atoms with Crippen LogP contribution in [0.15, 0.2) is 48.5 Å². The maximum absolute atomic E-state index is 16.9. The molecule has 4 heterocycles. The molecule has 4 aromatic heterocycles. The van der Waals surface area contributed by atoms with Crippen molar-refractivity contribution >= 4 is 45.3 Å². The van der Waals surface area contributed by atoms with Crippen LogP contribution in [0.5, 0.6) is 0 Å². The zero-order chi connectivity index (χ0) is 55.4. The molecule has 0 radical (unpaired) electrons. The van der Waals surface area contributed by atoms with Crippen molar-refractivity contribution in [1.29, 1.82) is 0 Å². The van der Waals surface area contributed by atoms with Gasteiger partial charge < -0.3 is 0 Å². The predicted molar refractivity (Wildman–Crippen MR) is 351 cm³/mol. The number of thiophene rings is 4. The van der Waals surface area contributed by atoms with Crippen LogP contribution in [0.25, 0.3) is 40.4 Å². The zero-order valence-corrected chi connectivity index (χ0v) is 54.1. The molecule has 0 nitrogen and oxygen atoms in total. The number of benzene rings is 1. The lowest BCUT2D eigenvalue weighted by atomic mass is 9.88. The smallest absolute Gasteiger partial charge is 0.132 e. The van der Waals surface area contributed by atoms with Gasteiger partial charge in [-0.3, -0.25) is 0 Å². The Hall–Kier alpha value is -2.12. The quantitative estimate of drug-likeness (QED) is 0.0341. The third-order valence-corrected chi connectivity index (χ3v) is 21.9. The Morgan fingerprint density at radius 2 is 0.641 bits per heavy atom. The Kier molecular flexibility index (Phi) is 35.0. The molecule has 0 spiro atoms. The number of unbranched alkanes of at least 4 members (excludes halogenated alkanes) is 32. The van der Waals surface area contributed by atoms with Gasteiger partial charge in [0.1, 0.15) is 11.6 Å². The van der Waals surface area contributed by atoms with Crippen molar-refractivity contribution in [3.8, 4) is 40.4 Å². The molecule has 78 heavy (non-hydrogen) atoms. The van der Waals surface area contributed by atoms with E-state index in [-0.39, 0.29) is 11.6 Å². The minimum absolute atomic E-state index is 0.309. The van der Waals surface area contributed by atoms with Crippen LogP contribution in [0.2, 0.25) is 0 Å². The van der Waals surface area contributed by atoms with Crippen molar-refractivity contribution in [2.75, 3.05) is 0 Å². The SMILES string of the molecule is CCCCCCCCCCCCC(CCCCCCCCCC)Cc1cc(-c2cc(F)c(-c3cc(CC(CCCCCCCCCC)CCCCCCCCCCCC)c(-c4ccc(-c5ccc(C)s5)s4)s3)cc2F)sc1C. The lowest BCUT2D eigenvalue weighted by molar-refractivity contribution is 0.399. The molecule has 0 aliphatic carbocycles. The minimum Gasteiger partial charge on any atom is -0.206 e. The Bertz CT molecular complexity index is 2270. The molecule has 0 saturated heterocycles. The molecule has 0 fully saturated rings. The Balaban J connectivity index is 1.32. The zero-order valence-electron chi connectivity index (χ0n) is 50.9. The highest BCUT2D eigenvalue weighted by Gasteiger charge is 2.23. The summed E-state index contributed by atoms with van der Waals surface area (Å²) in [5.41, 5.74) is 3.49. The van der Waals surface area contributed by atoms with Crippen molar-refractivity contribution in [3.05, 3.63) is 81.0 Å². The van der Waals surface area contributed by atoms with Crippen molar-refractivity contribution in [2.24, 2.45) is 11.8 Å². The van der Waals surface area contributed by atoms with Crippen molar-refractivity contribution in [2.45, 2.75) is 311 Å². The molecule has 438 valence electrons. The third-order valence-electron chi connectivity index (χ3n) is 17.1. The second-order valence-electron chi connectivity index (χ2n) is 24.2. The van der Waals surface area contributed by atoms with Crippen LogP contribution in [0, 0.1) is 37.3 Å². The van der Waals surface area contributed by atoms with E-state index in [1.165, 1.54) is 309 Å². The molecule has 2 atom stereocenters. The molecule has 0 bridgehead atoms. The first-order valence-corrected chi connectivity index (χ1v) is 36.4. The van der Waals surface area contributed by atoms with E-state index < -0.39 is 0 Å². The van der Waals surface area contributed by atoms with Gasteiger partial charge in [0.2, 0.25) is 0 Å². The summed E-state index contributed by atoms with van der Waals surface area (Å²) in [5, 5.41) is 0. The maximum Gasteiger partial charge on any atom is 0.132 e. The molecule has 6 heteroatoms. The fourth-order valence-corrected chi connectivity index (χ4v) is 16.5. The predicted octanol–water partition coefficient (Wildman–Crippen LogP) is 27.5. The van der Waals surface area contributed by atoms with E-state index in [4.69, 9.17) is 0 Å². The Morgan fingerprint density at radius 1 is 0.321 bits per heavy atom. The van der Waals surface area contributed by atoms with Gasteiger partial charge in [-0.05, 0) is 98.2 Å². The molecule has 5 aromatic rings. The van der Waals surface area contributed by atoms with E-state index >= 15 is 8.78 Å². The number of rotatable bonds is 48. The first-order valence-electron chi connectivity index (χ1n) is 33.1. The van der Waals surface area contributed by atoms with Gasteiger partial charge in [-0.15, -0.1) is 45.3 Å². The fraction of sp³-hybridized carbons (Fsp3) is 0.694. The number of hydrogen-bond donors (Lipinski definition) is 0. The Morgan fingerprint density at radius 3 is 1.03 bits per heavy atom. The third kappa shape index (κ3) is 25.6. The number of halogens is 2. The van der Waals surface area contributed by atoms with E-state index in [0.29, 0.717) is 23.0 Å². The van der Waals surface area contributed by atoms with E-state index in [0.717, 1.165) is 22.6 Å². The van der Waals surface area contributed by atoms with Crippen molar-refractivity contribution in [3.63, 3.8) is 0 Å². The Labute approximate surface area is 495 Å². The second-order valence-corrected chi connectivity index (χ2v) is 28.8. The summed E-state index contributed by atoms with van der Waals surface area (Å²) in [6.45, 7) is 13.6. The van der Waals surface area contributed by atoms with Crippen molar-refractivity contribution < 1.29 is 8.78 Å². The number of hydrogen-bond acceptors (Lipinski definition) is 4. The molecule has 0 aliphatic rings. The molecule has 0 saturated carbocycles. The molecule has 0 aliphatic heterocycles. The van der Waals surface area contributed by atoms with Crippen LogP contribution < -0.4 is 0 Å². The van der Waals surface area contributed by atoms with Crippen LogP contribution in [0.1, 0.15) is 305 Å². The van der Waals surface area contributed by atoms with Gasteiger partial charge in [-0.2, -0.15) is 0 Å². The van der Waals surface area contributed by atoms with Crippen molar-refractivity contribution in [1.82, 2.24) is 0 Å². The summed E-state index contributed by atoms with van der Waals surface area (Å²) in [6, 6.07) is 16.6. The summed E-state index contributed by atoms with van der Waals surface area (Å²) in [7, 11) is 0. The maximum atomic E-state index is 16.9. The summed E-state index contributed by atoms with van der Waals surface area (Å²) in [5.74, 6) is 0.620. The van der Waals surface area contributed by atoms with Gasteiger partial charge in [-0.1, -0.05) is 285 Å². The lowest BCUT2D eigenvalue weighted by Gasteiger charge is -2.17. The van der Waals surface area contributed by atoms with Gasteiger partial charge >= 0.3 is 0 Å². The second kappa shape index (κ2) is 41.0. The molecule has 0 amide bonds. The highest BCUT2D eigenvalue weighted by atomic mass is 32.1. The first kappa shape index (κ1) is 66.7. The highest BCUT2D eigenvalue weighted by molar-refractivity contribution is 7.27. The monoisotopic (exact) mass is 1140 g/mol. The van der Waals surface area contributed by atoms with Crippen LogP contribution in [-0.2, 0) is 12.8 Å². The molecular formula is C72H112F2S4. The lowest BCUT2D eigenvalue weighted by Crippen LogP contribution is -2.05.